The van der Waals surface area contributed by atoms with Crippen LogP contribution in [0, 0.1) is 5.41 Å². The van der Waals surface area contributed by atoms with Gasteiger partial charge in [-0.25, -0.2) is 0 Å². The van der Waals surface area contributed by atoms with Crippen molar-refractivity contribution in [2.45, 2.75) is 19.8 Å². The van der Waals surface area contributed by atoms with Gasteiger partial charge in [0, 0.05) is 9.89 Å². The van der Waals surface area contributed by atoms with E-state index in [1.54, 1.807) is 6.07 Å². The Balaban J connectivity index is 2.13. The Morgan fingerprint density at radius 3 is 2.78 bits per heavy atom. The number of halogens is 2. The molecule has 1 aromatic rings. The maximum Gasteiger partial charge on any atom is 0.230 e. The van der Waals surface area contributed by atoms with E-state index in [9.17, 15) is 4.79 Å². The van der Waals surface area contributed by atoms with Crippen LogP contribution in [0.2, 0.25) is 5.02 Å². The second-order valence-electron chi connectivity index (χ2n) is 4.89. The third-order valence-corrected chi connectivity index (χ3v) is 4.25. The number of hydrogen-bond acceptors (Lipinski definition) is 2. The molecule has 1 aliphatic rings. The van der Waals surface area contributed by atoms with Gasteiger partial charge in [-0.05, 0) is 44.1 Å². The highest BCUT2D eigenvalue weighted by Gasteiger charge is 2.34. The standard InChI is InChI=1S/C13H16BrClN2O/c1-13(4-6-16-7-5-13)12(18)17-11-8-9(14)2-3-10(11)15/h2-3,8,16H,4-7H2,1H3,(H,17,18). The van der Waals surface area contributed by atoms with Gasteiger partial charge in [0.15, 0.2) is 0 Å². The van der Waals surface area contributed by atoms with Gasteiger partial charge in [0.05, 0.1) is 10.7 Å². The van der Waals surface area contributed by atoms with Crippen LogP contribution in [0.1, 0.15) is 19.8 Å². The average molecular weight is 332 g/mol. The van der Waals surface area contributed by atoms with Gasteiger partial charge in [-0.15, -0.1) is 0 Å². The topological polar surface area (TPSA) is 41.1 Å². The Morgan fingerprint density at radius 1 is 1.44 bits per heavy atom. The van der Waals surface area contributed by atoms with E-state index in [1.165, 1.54) is 0 Å². The Morgan fingerprint density at radius 2 is 2.11 bits per heavy atom. The van der Waals surface area contributed by atoms with Crippen LogP contribution < -0.4 is 10.6 Å². The van der Waals surface area contributed by atoms with Crippen molar-refractivity contribution in [3.63, 3.8) is 0 Å². The van der Waals surface area contributed by atoms with Crippen LogP contribution in [0.25, 0.3) is 0 Å². The maximum atomic E-state index is 12.3. The van der Waals surface area contributed by atoms with E-state index >= 15 is 0 Å². The zero-order valence-corrected chi connectivity index (χ0v) is 12.6. The largest absolute Gasteiger partial charge is 0.324 e. The first-order valence-electron chi connectivity index (χ1n) is 5.98. The monoisotopic (exact) mass is 330 g/mol. The van der Waals surface area contributed by atoms with E-state index < -0.39 is 0 Å². The van der Waals surface area contributed by atoms with Gasteiger partial charge in [0.25, 0.3) is 0 Å². The molecule has 1 heterocycles. The molecule has 2 rings (SSSR count). The summed E-state index contributed by atoms with van der Waals surface area (Å²) in [5.74, 6) is 0.0454. The number of amides is 1. The molecule has 0 aliphatic carbocycles. The minimum atomic E-state index is -0.309. The van der Waals surface area contributed by atoms with Crippen LogP contribution in [0.5, 0.6) is 0 Å². The smallest absolute Gasteiger partial charge is 0.230 e. The molecule has 5 heteroatoms. The number of carbonyl (C=O) groups is 1. The van der Waals surface area contributed by atoms with Crippen molar-refractivity contribution in [2.24, 2.45) is 5.41 Å². The van der Waals surface area contributed by atoms with Gasteiger partial charge in [-0.1, -0.05) is 34.5 Å². The molecule has 3 nitrogen and oxygen atoms in total. The molecule has 0 bridgehead atoms. The summed E-state index contributed by atoms with van der Waals surface area (Å²) in [4.78, 5) is 12.3. The van der Waals surface area contributed by atoms with Gasteiger partial charge in [-0.3, -0.25) is 4.79 Å². The molecule has 0 saturated carbocycles. The first kappa shape index (κ1) is 13.8. The third-order valence-electron chi connectivity index (χ3n) is 3.43. The summed E-state index contributed by atoms with van der Waals surface area (Å²) in [5.41, 5.74) is 0.354. The summed E-state index contributed by atoms with van der Waals surface area (Å²) >= 11 is 9.45. The van der Waals surface area contributed by atoms with Crippen LogP contribution in [-0.2, 0) is 4.79 Å². The summed E-state index contributed by atoms with van der Waals surface area (Å²) in [7, 11) is 0. The number of carbonyl (C=O) groups excluding carboxylic acids is 1. The number of rotatable bonds is 2. The predicted octanol–water partition coefficient (Wildman–Crippen LogP) is 3.43. The summed E-state index contributed by atoms with van der Waals surface area (Å²) in [6.07, 6.45) is 1.70. The third kappa shape index (κ3) is 3.05. The number of benzene rings is 1. The van der Waals surface area contributed by atoms with Crippen molar-refractivity contribution in [1.29, 1.82) is 0 Å². The predicted molar refractivity (Wildman–Crippen MR) is 78.0 cm³/mol. The van der Waals surface area contributed by atoms with Gasteiger partial charge in [0.2, 0.25) is 5.91 Å². The highest BCUT2D eigenvalue weighted by molar-refractivity contribution is 9.10. The Bertz CT molecular complexity index is 458. The van der Waals surface area contributed by atoms with Gasteiger partial charge >= 0.3 is 0 Å². The number of nitrogens with one attached hydrogen (secondary N) is 2. The second kappa shape index (κ2) is 5.59. The molecule has 0 radical (unpaired) electrons. The lowest BCUT2D eigenvalue weighted by atomic mass is 9.80. The summed E-state index contributed by atoms with van der Waals surface area (Å²) in [6.45, 7) is 3.78. The maximum absolute atomic E-state index is 12.3. The van der Waals surface area contributed by atoms with Gasteiger partial charge in [-0.2, -0.15) is 0 Å². The molecule has 18 heavy (non-hydrogen) atoms. The summed E-state index contributed by atoms with van der Waals surface area (Å²) < 4.78 is 0.901. The first-order chi connectivity index (χ1) is 8.51. The quantitative estimate of drug-likeness (QED) is 0.871. The number of anilines is 1. The van der Waals surface area contributed by atoms with E-state index in [0.29, 0.717) is 10.7 Å². The molecule has 1 aliphatic heterocycles. The van der Waals surface area contributed by atoms with Crippen molar-refractivity contribution in [2.75, 3.05) is 18.4 Å². The average Bonchev–Trinajstić information content (AvgIpc) is 2.35. The summed E-state index contributed by atoms with van der Waals surface area (Å²) in [6, 6.07) is 5.45. The lowest BCUT2D eigenvalue weighted by molar-refractivity contribution is -0.126. The van der Waals surface area contributed by atoms with Crippen LogP contribution >= 0.6 is 27.5 Å². The normalized spacial score (nSPS) is 18.4. The molecular weight excluding hydrogens is 316 g/mol. The van der Waals surface area contributed by atoms with Crippen LogP contribution in [0.15, 0.2) is 22.7 Å². The fraction of sp³-hybridized carbons (Fsp3) is 0.462. The second-order valence-corrected chi connectivity index (χ2v) is 6.21. The van der Waals surface area contributed by atoms with E-state index in [4.69, 9.17) is 11.6 Å². The molecular formula is C13H16BrClN2O. The highest BCUT2D eigenvalue weighted by Crippen LogP contribution is 2.32. The molecule has 1 saturated heterocycles. The molecule has 1 fully saturated rings. The fourth-order valence-corrected chi connectivity index (χ4v) is 2.60. The van der Waals surface area contributed by atoms with E-state index in [0.717, 1.165) is 30.4 Å². The lowest BCUT2D eigenvalue weighted by Crippen LogP contribution is -2.42. The van der Waals surface area contributed by atoms with Gasteiger partial charge in [0.1, 0.15) is 0 Å². The fourth-order valence-electron chi connectivity index (χ4n) is 2.07. The van der Waals surface area contributed by atoms with Crippen molar-refractivity contribution in [1.82, 2.24) is 5.32 Å². The highest BCUT2D eigenvalue weighted by atomic mass is 79.9. The van der Waals surface area contributed by atoms with E-state index in [1.807, 2.05) is 19.1 Å². The minimum absolute atomic E-state index is 0.0454. The van der Waals surface area contributed by atoms with Crippen molar-refractivity contribution >= 4 is 39.1 Å². The van der Waals surface area contributed by atoms with E-state index in [-0.39, 0.29) is 11.3 Å². The van der Waals surface area contributed by atoms with Crippen LogP contribution in [-0.4, -0.2) is 19.0 Å². The Labute approximate surface area is 120 Å². The van der Waals surface area contributed by atoms with Crippen molar-refractivity contribution in [3.8, 4) is 0 Å². The molecule has 98 valence electrons. The lowest BCUT2D eigenvalue weighted by Gasteiger charge is -2.32. The number of hydrogen-bond donors (Lipinski definition) is 2. The van der Waals surface area contributed by atoms with Crippen molar-refractivity contribution < 1.29 is 4.79 Å². The van der Waals surface area contributed by atoms with E-state index in [2.05, 4.69) is 26.6 Å². The zero-order chi connectivity index (χ0) is 13.2. The molecule has 0 unspecified atom stereocenters. The Hall–Kier alpha value is -0.580. The van der Waals surface area contributed by atoms with Crippen LogP contribution in [0.3, 0.4) is 0 Å². The van der Waals surface area contributed by atoms with Gasteiger partial charge < -0.3 is 10.6 Å². The molecule has 2 N–H and O–H groups in total. The molecule has 0 spiro atoms. The SMILES string of the molecule is CC1(C(=O)Nc2cc(Br)ccc2Cl)CCNCC1. The summed E-state index contributed by atoms with van der Waals surface area (Å²) in [5, 5.41) is 6.76. The van der Waals surface area contributed by atoms with Crippen molar-refractivity contribution in [3.05, 3.63) is 27.7 Å². The molecule has 1 amide bonds. The number of piperidine rings is 1. The minimum Gasteiger partial charge on any atom is -0.324 e. The molecule has 1 aromatic carbocycles. The molecule has 0 aromatic heterocycles. The zero-order valence-electron chi connectivity index (χ0n) is 10.2. The molecule has 0 atom stereocenters. The first-order valence-corrected chi connectivity index (χ1v) is 7.16. The Kier molecular flexibility index (Phi) is 4.30. The van der Waals surface area contributed by atoms with Crippen LogP contribution in [0.4, 0.5) is 5.69 Å².